The molecule has 0 heterocycles. The van der Waals surface area contributed by atoms with Gasteiger partial charge in [-0.25, -0.2) is 19.2 Å². The first-order valence-electron chi connectivity index (χ1n) is 2.21. The van der Waals surface area contributed by atoms with E-state index < -0.39 is 23.9 Å². The van der Waals surface area contributed by atoms with Gasteiger partial charge in [0.05, 0.1) is 0 Å². The maximum atomic E-state index is 9.10. The molecule has 0 radical (unpaired) electrons. The fraction of sp³-hybridized carbons (Fsp3) is 0. The minimum Gasteiger partial charge on any atom is -0.473 e. The van der Waals surface area contributed by atoms with Crippen LogP contribution in [0.4, 0.5) is 0 Å². The van der Waals surface area contributed by atoms with Crippen molar-refractivity contribution in [3.05, 3.63) is 0 Å². The van der Waals surface area contributed by atoms with E-state index in [-0.39, 0.29) is 49.6 Å². The number of carboxylic acids is 4. The molecule has 0 aliphatic heterocycles. The normalized spacial score (nSPS) is 5.50. The molecular formula is C4H8Cl4O8. The SMILES string of the molecule is Cl.Cl.Cl.Cl.O=C(O)C(=O)O.O=C(O)C(=O)O. The number of rotatable bonds is 0. The molecule has 0 saturated heterocycles. The highest BCUT2D eigenvalue weighted by molar-refractivity contribution is 6.27. The second kappa shape index (κ2) is 19.6. The molecule has 100 valence electrons. The molecule has 0 amide bonds. The highest BCUT2D eigenvalue weighted by Gasteiger charge is 2.04. The van der Waals surface area contributed by atoms with Gasteiger partial charge >= 0.3 is 23.9 Å². The molecule has 0 fully saturated rings. The third-order valence-corrected chi connectivity index (χ3v) is 0.366. The van der Waals surface area contributed by atoms with Crippen molar-refractivity contribution in [1.29, 1.82) is 0 Å². The lowest BCUT2D eigenvalue weighted by Gasteiger charge is -1.72. The summed E-state index contributed by atoms with van der Waals surface area (Å²) in [4.78, 5) is 36.4. The first-order chi connectivity index (χ1) is 5.29. The summed E-state index contributed by atoms with van der Waals surface area (Å²) in [5.41, 5.74) is 0. The molecular weight excluding hydrogens is 318 g/mol. The Morgan fingerprint density at radius 1 is 0.438 bits per heavy atom. The van der Waals surface area contributed by atoms with Gasteiger partial charge in [0.15, 0.2) is 0 Å². The first kappa shape index (κ1) is 36.3. The first-order valence-corrected chi connectivity index (χ1v) is 2.21. The van der Waals surface area contributed by atoms with E-state index in [1.165, 1.54) is 0 Å². The van der Waals surface area contributed by atoms with E-state index in [0.717, 1.165) is 0 Å². The molecule has 0 atom stereocenters. The van der Waals surface area contributed by atoms with E-state index in [1.807, 2.05) is 0 Å². The van der Waals surface area contributed by atoms with Gasteiger partial charge in [0.1, 0.15) is 0 Å². The van der Waals surface area contributed by atoms with Crippen LogP contribution in [0.3, 0.4) is 0 Å². The van der Waals surface area contributed by atoms with Crippen molar-refractivity contribution >= 4 is 73.5 Å². The molecule has 0 saturated carbocycles. The fourth-order valence-corrected chi connectivity index (χ4v) is 0. The van der Waals surface area contributed by atoms with Gasteiger partial charge in [-0.15, -0.1) is 49.6 Å². The van der Waals surface area contributed by atoms with Crippen LogP contribution in [0, 0.1) is 0 Å². The lowest BCUT2D eigenvalue weighted by molar-refractivity contribution is -0.159. The van der Waals surface area contributed by atoms with E-state index in [9.17, 15) is 0 Å². The zero-order valence-corrected chi connectivity index (χ0v) is 10.3. The number of carbonyl (C=O) groups is 4. The smallest absolute Gasteiger partial charge is 0.414 e. The van der Waals surface area contributed by atoms with Crippen molar-refractivity contribution in [3.8, 4) is 0 Å². The van der Waals surface area contributed by atoms with E-state index in [4.69, 9.17) is 39.6 Å². The standard InChI is InChI=1S/2C2H2O4.4ClH/c2*3-1(4)2(5)6;;;;/h2*(H,3,4)(H,5,6);4*1H. The molecule has 0 aliphatic rings. The average Bonchev–Trinajstić information content (AvgIpc) is 1.88. The zero-order valence-electron chi connectivity index (χ0n) is 7.05. The molecule has 16 heavy (non-hydrogen) atoms. The number of hydrogen-bond donors (Lipinski definition) is 4. The van der Waals surface area contributed by atoms with Crippen LogP contribution in [0.5, 0.6) is 0 Å². The Hall–Kier alpha value is -0.960. The Kier molecular flexibility index (Phi) is 44.4. The largest absolute Gasteiger partial charge is 0.473 e. The summed E-state index contributed by atoms with van der Waals surface area (Å²) in [5.74, 6) is -7.30. The van der Waals surface area contributed by atoms with Crippen LogP contribution in [-0.4, -0.2) is 44.3 Å². The Morgan fingerprint density at radius 3 is 0.500 bits per heavy atom. The maximum Gasteiger partial charge on any atom is 0.414 e. The highest BCUT2D eigenvalue weighted by atomic mass is 35.5. The van der Waals surface area contributed by atoms with Crippen molar-refractivity contribution in [1.82, 2.24) is 0 Å². The van der Waals surface area contributed by atoms with Gasteiger partial charge in [0, 0.05) is 0 Å². The maximum absolute atomic E-state index is 9.10. The second-order valence-corrected chi connectivity index (χ2v) is 1.22. The Morgan fingerprint density at radius 2 is 0.500 bits per heavy atom. The molecule has 0 aromatic heterocycles. The van der Waals surface area contributed by atoms with Crippen molar-refractivity contribution in [2.75, 3.05) is 0 Å². The predicted molar refractivity (Wildman–Crippen MR) is 59.5 cm³/mol. The van der Waals surface area contributed by atoms with Crippen molar-refractivity contribution in [3.63, 3.8) is 0 Å². The molecule has 0 aromatic rings. The molecule has 0 bridgehead atoms. The van der Waals surface area contributed by atoms with Gasteiger partial charge in [-0.05, 0) is 0 Å². The van der Waals surface area contributed by atoms with Crippen LogP contribution in [0.1, 0.15) is 0 Å². The molecule has 12 heteroatoms. The number of aliphatic carboxylic acids is 4. The average molecular weight is 326 g/mol. The quantitative estimate of drug-likeness (QED) is 0.454. The van der Waals surface area contributed by atoms with Crippen molar-refractivity contribution in [2.45, 2.75) is 0 Å². The molecule has 0 aliphatic carbocycles. The number of carboxylic acid groups (broad SMARTS) is 4. The van der Waals surface area contributed by atoms with Gasteiger partial charge in [0.25, 0.3) is 0 Å². The van der Waals surface area contributed by atoms with Gasteiger partial charge < -0.3 is 20.4 Å². The van der Waals surface area contributed by atoms with Crippen LogP contribution >= 0.6 is 49.6 Å². The zero-order chi connectivity index (χ0) is 10.3. The third-order valence-electron chi connectivity index (χ3n) is 0.366. The molecule has 8 nitrogen and oxygen atoms in total. The summed E-state index contributed by atoms with van der Waals surface area (Å²) in [6.45, 7) is 0. The van der Waals surface area contributed by atoms with Crippen LogP contribution in [0.2, 0.25) is 0 Å². The molecule has 0 rings (SSSR count). The van der Waals surface area contributed by atoms with Gasteiger partial charge in [-0.2, -0.15) is 0 Å². The fourth-order valence-electron chi connectivity index (χ4n) is 0. The van der Waals surface area contributed by atoms with Crippen LogP contribution in [-0.2, 0) is 19.2 Å². The lowest BCUT2D eigenvalue weighted by Crippen LogP contribution is -2.09. The second-order valence-electron chi connectivity index (χ2n) is 1.22. The van der Waals surface area contributed by atoms with Gasteiger partial charge in [-0.3, -0.25) is 0 Å². The van der Waals surface area contributed by atoms with E-state index in [2.05, 4.69) is 0 Å². The van der Waals surface area contributed by atoms with Crippen LogP contribution in [0.15, 0.2) is 0 Å². The van der Waals surface area contributed by atoms with Gasteiger partial charge in [-0.1, -0.05) is 0 Å². The van der Waals surface area contributed by atoms with Crippen LogP contribution in [0.25, 0.3) is 0 Å². The molecule has 0 unspecified atom stereocenters. The lowest BCUT2D eigenvalue weighted by atomic mass is 10.7. The molecule has 4 N–H and O–H groups in total. The summed E-state index contributed by atoms with van der Waals surface area (Å²) in [6, 6.07) is 0. The van der Waals surface area contributed by atoms with Crippen molar-refractivity contribution < 1.29 is 39.6 Å². The summed E-state index contributed by atoms with van der Waals surface area (Å²) in [6.07, 6.45) is 0. The molecule has 0 spiro atoms. The minimum atomic E-state index is -1.82. The Bertz CT molecular complexity index is 180. The number of halogens is 4. The Balaban J connectivity index is -0.0000000250. The summed E-state index contributed by atoms with van der Waals surface area (Å²) in [5, 5.41) is 29.6. The number of hydrogen-bond acceptors (Lipinski definition) is 4. The van der Waals surface area contributed by atoms with E-state index >= 15 is 0 Å². The van der Waals surface area contributed by atoms with Crippen LogP contribution < -0.4 is 0 Å². The third kappa shape index (κ3) is 38.1. The van der Waals surface area contributed by atoms with Crippen molar-refractivity contribution in [2.24, 2.45) is 0 Å². The van der Waals surface area contributed by atoms with E-state index in [0.29, 0.717) is 0 Å². The van der Waals surface area contributed by atoms with E-state index in [1.54, 1.807) is 0 Å². The Labute approximate surface area is 113 Å². The summed E-state index contributed by atoms with van der Waals surface area (Å²) >= 11 is 0. The topological polar surface area (TPSA) is 149 Å². The highest BCUT2D eigenvalue weighted by Crippen LogP contribution is 1.56. The molecule has 0 aromatic carbocycles. The summed E-state index contributed by atoms with van der Waals surface area (Å²) < 4.78 is 0. The summed E-state index contributed by atoms with van der Waals surface area (Å²) in [7, 11) is 0. The predicted octanol–water partition coefficient (Wildman–Crippen LogP) is -0.00160. The monoisotopic (exact) mass is 324 g/mol. The minimum absolute atomic E-state index is 0. The van der Waals surface area contributed by atoms with Gasteiger partial charge in [0.2, 0.25) is 0 Å².